The molecule has 27 heavy (non-hydrogen) atoms. The van der Waals surface area contributed by atoms with E-state index in [4.69, 9.17) is 0 Å². The minimum atomic E-state index is -3.15. The molecule has 5 nitrogen and oxygen atoms in total. The van der Waals surface area contributed by atoms with E-state index < -0.39 is 10.0 Å². The van der Waals surface area contributed by atoms with Crippen molar-refractivity contribution < 1.29 is 12.8 Å². The van der Waals surface area contributed by atoms with Crippen LogP contribution in [0.5, 0.6) is 0 Å². The number of rotatable bonds is 8. The van der Waals surface area contributed by atoms with Crippen molar-refractivity contribution in [1.82, 2.24) is 9.71 Å². The maximum atomic E-state index is 12.9. The number of anilines is 1. The van der Waals surface area contributed by atoms with Gasteiger partial charge in [0.15, 0.2) is 5.13 Å². The Morgan fingerprint density at radius 3 is 2.37 bits per heavy atom. The smallest absolute Gasteiger partial charge is 0.208 e. The summed E-state index contributed by atoms with van der Waals surface area (Å²) in [5.74, 6) is -0.245. The van der Waals surface area contributed by atoms with Crippen LogP contribution in [0.4, 0.5) is 9.52 Å². The van der Waals surface area contributed by atoms with Crippen molar-refractivity contribution in [3.05, 3.63) is 70.9 Å². The van der Waals surface area contributed by atoms with Gasteiger partial charge in [-0.25, -0.2) is 22.5 Å². The lowest BCUT2D eigenvalue weighted by atomic mass is 10.1. The molecule has 0 radical (unpaired) electrons. The van der Waals surface area contributed by atoms with Crippen molar-refractivity contribution in [1.29, 1.82) is 0 Å². The van der Waals surface area contributed by atoms with Crippen LogP contribution in [-0.4, -0.2) is 26.2 Å². The second-order valence-corrected chi connectivity index (χ2v) is 8.82. The number of nitrogens with zero attached hydrogens (tertiary/aromatic N) is 1. The van der Waals surface area contributed by atoms with E-state index in [1.165, 1.54) is 23.5 Å². The molecule has 0 unspecified atom stereocenters. The van der Waals surface area contributed by atoms with Gasteiger partial charge in [0.05, 0.1) is 11.9 Å². The number of halogens is 1. The molecule has 0 spiro atoms. The standard InChI is InChI=1S/C19H20FN3O2S2/c1-27(24,25)22-11-10-14-2-6-16(7-3-14)18-13-26-19(23-18)21-12-15-4-8-17(20)9-5-15/h2-9,13,22H,10-12H2,1H3,(H,21,23). The Morgan fingerprint density at radius 1 is 1.04 bits per heavy atom. The predicted octanol–water partition coefficient (Wildman–Crippen LogP) is 3.65. The van der Waals surface area contributed by atoms with Gasteiger partial charge in [0.25, 0.3) is 0 Å². The quantitative estimate of drug-likeness (QED) is 0.600. The third-order valence-corrected chi connectivity index (χ3v) is 5.42. The molecule has 0 aliphatic carbocycles. The van der Waals surface area contributed by atoms with Crippen molar-refractivity contribution >= 4 is 26.5 Å². The molecule has 0 aliphatic heterocycles. The Bertz CT molecular complexity index is 985. The molecule has 0 saturated carbocycles. The molecule has 142 valence electrons. The fourth-order valence-electron chi connectivity index (χ4n) is 2.49. The van der Waals surface area contributed by atoms with Gasteiger partial charge in [-0.1, -0.05) is 36.4 Å². The van der Waals surface area contributed by atoms with Crippen molar-refractivity contribution in [3.8, 4) is 11.3 Å². The first kappa shape index (κ1) is 19.5. The number of nitrogens with one attached hydrogen (secondary N) is 2. The highest BCUT2D eigenvalue weighted by Crippen LogP contribution is 2.25. The average Bonchev–Trinajstić information content (AvgIpc) is 3.10. The van der Waals surface area contributed by atoms with Crippen molar-refractivity contribution in [2.24, 2.45) is 0 Å². The summed E-state index contributed by atoms with van der Waals surface area (Å²) in [5.41, 5.74) is 3.92. The Labute approximate surface area is 162 Å². The molecule has 3 rings (SSSR count). The monoisotopic (exact) mass is 405 g/mol. The van der Waals surface area contributed by atoms with Crippen LogP contribution in [0, 0.1) is 5.82 Å². The largest absolute Gasteiger partial charge is 0.357 e. The second kappa shape index (κ2) is 8.60. The van der Waals surface area contributed by atoms with Crippen LogP contribution in [0.25, 0.3) is 11.3 Å². The van der Waals surface area contributed by atoms with Crippen molar-refractivity contribution in [3.63, 3.8) is 0 Å². The van der Waals surface area contributed by atoms with Crippen LogP contribution in [0.2, 0.25) is 0 Å². The summed E-state index contributed by atoms with van der Waals surface area (Å²) in [7, 11) is -3.15. The Hall–Kier alpha value is -2.29. The van der Waals surface area contributed by atoms with E-state index in [9.17, 15) is 12.8 Å². The first-order valence-corrected chi connectivity index (χ1v) is 11.1. The van der Waals surface area contributed by atoms with E-state index in [0.717, 1.165) is 33.8 Å². The van der Waals surface area contributed by atoms with Gasteiger partial charge in [-0.2, -0.15) is 0 Å². The number of hydrogen-bond acceptors (Lipinski definition) is 5. The molecule has 8 heteroatoms. The summed E-state index contributed by atoms with van der Waals surface area (Å²) in [6.45, 7) is 0.964. The highest BCUT2D eigenvalue weighted by molar-refractivity contribution is 7.88. The molecule has 0 bridgehead atoms. The van der Waals surface area contributed by atoms with Crippen LogP contribution in [-0.2, 0) is 23.0 Å². The molecular weight excluding hydrogens is 385 g/mol. The van der Waals surface area contributed by atoms with Gasteiger partial charge in [0.2, 0.25) is 10.0 Å². The molecule has 0 saturated heterocycles. The van der Waals surface area contributed by atoms with E-state index >= 15 is 0 Å². The summed E-state index contributed by atoms with van der Waals surface area (Å²) in [6, 6.07) is 14.3. The number of benzene rings is 2. The third-order valence-electron chi connectivity index (χ3n) is 3.89. The summed E-state index contributed by atoms with van der Waals surface area (Å²) >= 11 is 1.51. The van der Waals surface area contributed by atoms with Gasteiger partial charge < -0.3 is 5.32 Å². The van der Waals surface area contributed by atoms with E-state index in [0.29, 0.717) is 19.5 Å². The number of sulfonamides is 1. The van der Waals surface area contributed by atoms with Crippen LogP contribution in [0.3, 0.4) is 0 Å². The average molecular weight is 406 g/mol. The molecule has 0 amide bonds. The van der Waals surface area contributed by atoms with Gasteiger partial charge in [-0.3, -0.25) is 0 Å². The number of aromatic nitrogens is 1. The summed E-state index contributed by atoms with van der Waals surface area (Å²) < 4.78 is 37.6. The zero-order chi connectivity index (χ0) is 19.3. The molecule has 2 aromatic carbocycles. The molecule has 2 N–H and O–H groups in total. The van der Waals surface area contributed by atoms with E-state index in [1.54, 1.807) is 12.1 Å². The van der Waals surface area contributed by atoms with Crippen molar-refractivity contribution in [2.45, 2.75) is 13.0 Å². The summed E-state index contributed by atoms with van der Waals surface area (Å²) in [4.78, 5) is 4.58. The molecule has 0 aliphatic rings. The van der Waals surface area contributed by atoms with Crippen LogP contribution >= 0.6 is 11.3 Å². The first-order chi connectivity index (χ1) is 12.9. The molecule has 0 atom stereocenters. The molecular formula is C19H20FN3O2S2. The zero-order valence-corrected chi connectivity index (χ0v) is 16.4. The van der Waals surface area contributed by atoms with Crippen LogP contribution in [0.15, 0.2) is 53.9 Å². The highest BCUT2D eigenvalue weighted by Gasteiger charge is 2.06. The maximum Gasteiger partial charge on any atom is 0.208 e. The van der Waals surface area contributed by atoms with Gasteiger partial charge >= 0.3 is 0 Å². The Balaban J connectivity index is 1.56. The summed E-state index contributed by atoms with van der Waals surface area (Å²) in [5, 5.41) is 6.02. The van der Waals surface area contributed by atoms with Gasteiger partial charge in [0, 0.05) is 24.0 Å². The molecule has 1 aromatic heterocycles. The maximum absolute atomic E-state index is 12.9. The molecule has 3 aromatic rings. The lowest BCUT2D eigenvalue weighted by molar-refractivity contribution is 0.588. The fraction of sp³-hybridized carbons (Fsp3) is 0.211. The Morgan fingerprint density at radius 2 is 1.70 bits per heavy atom. The topological polar surface area (TPSA) is 71.1 Å². The summed E-state index contributed by atoms with van der Waals surface area (Å²) in [6.07, 6.45) is 1.79. The minimum absolute atomic E-state index is 0.245. The highest BCUT2D eigenvalue weighted by atomic mass is 32.2. The number of thiazole rings is 1. The Kier molecular flexibility index (Phi) is 6.20. The van der Waals surface area contributed by atoms with Gasteiger partial charge in [0.1, 0.15) is 5.82 Å². The fourth-order valence-corrected chi connectivity index (χ4v) is 3.68. The lowest BCUT2D eigenvalue weighted by Crippen LogP contribution is -2.24. The zero-order valence-electron chi connectivity index (χ0n) is 14.8. The molecule has 1 heterocycles. The normalized spacial score (nSPS) is 11.5. The minimum Gasteiger partial charge on any atom is -0.357 e. The van der Waals surface area contributed by atoms with E-state index in [-0.39, 0.29) is 5.82 Å². The van der Waals surface area contributed by atoms with Crippen molar-refractivity contribution in [2.75, 3.05) is 18.1 Å². The third kappa shape index (κ3) is 6.13. The van der Waals surface area contributed by atoms with Gasteiger partial charge in [-0.15, -0.1) is 11.3 Å². The SMILES string of the molecule is CS(=O)(=O)NCCc1ccc(-c2csc(NCc3ccc(F)cc3)n2)cc1. The van der Waals surface area contributed by atoms with Crippen LogP contribution in [0.1, 0.15) is 11.1 Å². The van der Waals surface area contributed by atoms with E-state index in [2.05, 4.69) is 15.0 Å². The molecule has 0 fully saturated rings. The predicted molar refractivity (Wildman–Crippen MR) is 108 cm³/mol. The number of hydrogen-bond donors (Lipinski definition) is 2. The van der Waals surface area contributed by atoms with Gasteiger partial charge in [-0.05, 0) is 29.7 Å². The first-order valence-electron chi connectivity index (χ1n) is 8.37. The van der Waals surface area contributed by atoms with Crippen LogP contribution < -0.4 is 10.0 Å². The second-order valence-electron chi connectivity index (χ2n) is 6.13. The van der Waals surface area contributed by atoms with E-state index in [1.807, 2.05) is 29.6 Å². The lowest BCUT2D eigenvalue weighted by Gasteiger charge is -2.04.